The molecule has 0 aliphatic rings. The highest BCUT2D eigenvalue weighted by atomic mass is 35.5. The monoisotopic (exact) mass is 571 g/mol. The number of hydrogen-bond donors (Lipinski definition) is 1. The average molecular weight is 572 g/mol. The van der Waals surface area contributed by atoms with Gasteiger partial charge in [-0.05, 0) is 36.4 Å². The molecule has 3 rings (SSSR count). The third-order valence-electron chi connectivity index (χ3n) is 5.41. The number of rotatable bonds is 9. The van der Waals surface area contributed by atoms with Crippen molar-refractivity contribution in [3.05, 3.63) is 75.2 Å². The first-order valence-corrected chi connectivity index (χ1v) is 11.1. The number of nitrogens with zero attached hydrogens (tertiary/aromatic N) is 3. The second-order valence-corrected chi connectivity index (χ2v) is 8.70. The van der Waals surface area contributed by atoms with Gasteiger partial charge in [-0.25, -0.2) is 18.3 Å². The van der Waals surface area contributed by atoms with Crippen molar-refractivity contribution in [3.63, 3.8) is 0 Å². The van der Waals surface area contributed by atoms with Crippen molar-refractivity contribution in [1.82, 2.24) is 14.3 Å². The van der Waals surface area contributed by atoms with E-state index in [0.717, 1.165) is 12.1 Å². The normalized spacial score (nSPS) is 13.5. The first-order chi connectivity index (χ1) is 17.5. The largest absolute Gasteiger partial charge is 0.416 e. The maximum absolute atomic E-state index is 14.5. The molecule has 1 unspecified atom stereocenters. The van der Waals surface area contributed by atoms with Gasteiger partial charge in [0.25, 0.3) is 5.92 Å². The molecule has 1 aromatic heterocycles. The first-order valence-electron chi connectivity index (χ1n) is 10.7. The number of carbonyl (C=O) groups excluding carboxylic acids is 1. The Hall–Kier alpha value is -3.26. The molecule has 0 bridgehead atoms. The molecule has 3 aromatic rings. The van der Waals surface area contributed by atoms with E-state index in [2.05, 4.69) is 5.10 Å². The highest BCUT2D eigenvalue weighted by molar-refractivity contribution is 6.30. The maximum atomic E-state index is 14.5. The molecule has 1 N–H and O–H groups in total. The molecule has 0 aliphatic heterocycles. The highest BCUT2D eigenvalue weighted by Crippen LogP contribution is 2.37. The summed E-state index contributed by atoms with van der Waals surface area (Å²) in [6, 6.07) is 7.80. The third-order valence-corrected chi connectivity index (χ3v) is 5.67. The summed E-state index contributed by atoms with van der Waals surface area (Å²) < 4.78 is 107. The number of carbonyl (C=O) groups is 1. The Morgan fingerprint density at radius 2 is 1.58 bits per heavy atom. The fraction of sp³-hybridized carbons (Fsp3) is 0.348. The van der Waals surface area contributed by atoms with Crippen molar-refractivity contribution >= 4 is 17.4 Å². The number of benzene rings is 2. The molecule has 15 heteroatoms. The van der Waals surface area contributed by atoms with E-state index in [0.29, 0.717) is 15.3 Å². The van der Waals surface area contributed by atoms with Gasteiger partial charge in [0.1, 0.15) is 6.54 Å². The van der Waals surface area contributed by atoms with E-state index in [1.807, 2.05) is 0 Å². The Bertz CT molecular complexity index is 1350. The van der Waals surface area contributed by atoms with Crippen molar-refractivity contribution in [1.29, 1.82) is 0 Å². The predicted octanol–water partition coefficient (Wildman–Crippen LogP) is 5.45. The zero-order chi connectivity index (χ0) is 28.5. The molecule has 2 aromatic carbocycles. The summed E-state index contributed by atoms with van der Waals surface area (Å²) >= 11 is 5.79. The molecule has 0 radical (unpaired) electrons. The van der Waals surface area contributed by atoms with Crippen LogP contribution in [0.3, 0.4) is 0 Å². The van der Waals surface area contributed by atoms with Gasteiger partial charge in [0.05, 0.1) is 12.1 Å². The number of ketones is 1. The van der Waals surface area contributed by atoms with Crippen LogP contribution in [0.4, 0.5) is 35.1 Å². The number of alkyl halides is 8. The van der Waals surface area contributed by atoms with Crippen LogP contribution in [0.1, 0.15) is 24.0 Å². The Morgan fingerprint density at radius 3 is 2.16 bits per heavy atom. The lowest BCUT2D eigenvalue weighted by Crippen LogP contribution is -2.37. The van der Waals surface area contributed by atoms with Gasteiger partial charge in [0.15, 0.2) is 17.7 Å². The Kier molecular flexibility index (Phi) is 8.36. The lowest BCUT2D eigenvalue weighted by Gasteiger charge is -2.18. The molecular formula is C23H18ClF8N3O3. The number of aliphatic hydroxyl groups is 1. The van der Waals surface area contributed by atoms with Gasteiger partial charge in [-0.15, -0.1) is 5.10 Å². The smallest absolute Gasteiger partial charge is 0.382 e. The minimum absolute atomic E-state index is 0.114. The summed E-state index contributed by atoms with van der Waals surface area (Å²) in [4.78, 5) is 25.1. The third kappa shape index (κ3) is 6.98. The van der Waals surface area contributed by atoms with Gasteiger partial charge < -0.3 is 5.11 Å². The molecule has 6 nitrogen and oxygen atoms in total. The van der Waals surface area contributed by atoms with Gasteiger partial charge in [-0.1, -0.05) is 23.7 Å². The fourth-order valence-electron chi connectivity index (χ4n) is 3.41. The molecule has 0 spiro atoms. The van der Waals surface area contributed by atoms with Gasteiger partial charge in [0, 0.05) is 29.0 Å². The van der Waals surface area contributed by atoms with E-state index in [1.165, 1.54) is 24.3 Å². The lowest BCUT2D eigenvalue weighted by molar-refractivity contribution is -0.207. The first kappa shape index (κ1) is 29.3. The fourth-order valence-corrected chi connectivity index (χ4v) is 3.53. The SMILES string of the molecule is O=C(CCC(F)(F)c1cccc(C(F)(F)F)c1)Cn1nc(-c2ccc(Cl)cc2)n(CC(O)C(F)(F)F)c1=O. The Labute approximate surface area is 214 Å². The standard InChI is InChI=1S/C23H18ClF8N3O3/c24-16-6-4-13(5-7-16)19-33-35(20(38)34(19)12-18(37)23(30,31)32)11-17(36)8-9-21(25,26)14-2-1-3-15(10-14)22(27,28)29/h1-7,10,18,37H,8-9,11-12H2. The maximum Gasteiger partial charge on any atom is 0.416 e. The number of aromatic nitrogens is 3. The van der Waals surface area contributed by atoms with Crippen molar-refractivity contribution in [2.75, 3.05) is 0 Å². The summed E-state index contributed by atoms with van der Waals surface area (Å²) in [5, 5.41) is 13.6. The Balaban J connectivity index is 1.82. The number of halogens is 9. The molecular weight excluding hydrogens is 554 g/mol. The molecule has 206 valence electrons. The summed E-state index contributed by atoms with van der Waals surface area (Å²) in [6.45, 7) is -2.17. The van der Waals surface area contributed by atoms with E-state index < -0.39 is 72.9 Å². The average Bonchev–Trinajstić information content (AvgIpc) is 3.12. The molecule has 0 fully saturated rings. The molecule has 1 heterocycles. The van der Waals surface area contributed by atoms with E-state index in [-0.39, 0.29) is 22.5 Å². The summed E-state index contributed by atoms with van der Waals surface area (Å²) in [5.74, 6) is -5.16. The quantitative estimate of drug-likeness (QED) is 0.347. The topological polar surface area (TPSA) is 77.1 Å². The minimum atomic E-state index is -5.08. The van der Waals surface area contributed by atoms with Crippen LogP contribution in [0.2, 0.25) is 5.02 Å². The van der Waals surface area contributed by atoms with Gasteiger partial charge in [0.2, 0.25) is 0 Å². The van der Waals surface area contributed by atoms with Crippen molar-refractivity contribution < 1.29 is 45.0 Å². The molecule has 0 amide bonds. The second-order valence-electron chi connectivity index (χ2n) is 8.26. The van der Waals surface area contributed by atoms with Crippen molar-refractivity contribution in [2.24, 2.45) is 0 Å². The van der Waals surface area contributed by atoms with Crippen LogP contribution in [-0.2, 0) is 30.0 Å². The van der Waals surface area contributed by atoms with E-state index >= 15 is 0 Å². The highest BCUT2D eigenvalue weighted by Gasteiger charge is 2.40. The Morgan fingerprint density at radius 1 is 0.974 bits per heavy atom. The van der Waals surface area contributed by atoms with Crippen molar-refractivity contribution in [2.45, 2.75) is 50.3 Å². The lowest BCUT2D eigenvalue weighted by atomic mass is 10.00. The van der Waals surface area contributed by atoms with Crippen LogP contribution in [0, 0.1) is 0 Å². The predicted molar refractivity (Wildman–Crippen MR) is 119 cm³/mol. The summed E-state index contributed by atoms with van der Waals surface area (Å²) in [7, 11) is 0. The van der Waals surface area contributed by atoms with E-state index in [9.17, 15) is 49.8 Å². The summed E-state index contributed by atoms with van der Waals surface area (Å²) in [5.41, 5.74) is -3.37. The van der Waals surface area contributed by atoms with Crippen LogP contribution in [0.25, 0.3) is 11.4 Å². The number of Topliss-reactive ketones (excluding diaryl/α,β-unsaturated/α-hetero) is 1. The molecule has 0 saturated heterocycles. The summed E-state index contributed by atoms with van der Waals surface area (Å²) in [6.07, 6.45) is -15.0. The van der Waals surface area contributed by atoms with Crippen LogP contribution >= 0.6 is 11.6 Å². The van der Waals surface area contributed by atoms with Crippen LogP contribution in [0.5, 0.6) is 0 Å². The zero-order valence-electron chi connectivity index (χ0n) is 19.0. The minimum Gasteiger partial charge on any atom is -0.382 e. The molecule has 1 atom stereocenters. The van der Waals surface area contributed by atoms with Gasteiger partial charge in [-0.3, -0.25) is 9.36 Å². The molecule has 0 aliphatic carbocycles. The van der Waals surface area contributed by atoms with Gasteiger partial charge in [-0.2, -0.15) is 26.3 Å². The van der Waals surface area contributed by atoms with Crippen LogP contribution < -0.4 is 5.69 Å². The van der Waals surface area contributed by atoms with E-state index in [4.69, 9.17) is 11.6 Å². The zero-order valence-corrected chi connectivity index (χ0v) is 19.8. The molecule has 0 saturated carbocycles. The number of aliphatic hydroxyl groups excluding tert-OH is 1. The second kappa shape index (κ2) is 10.8. The van der Waals surface area contributed by atoms with Gasteiger partial charge >= 0.3 is 18.0 Å². The van der Waals surface area contributed by atoms with E-state index in [1.54, 1.807) is 0 Å². The van der Waals surface area contributed by atoms with Crippen LogP contribution in [-0.4, -0.2) is 37.5 Å². The molecule has 38 heavy (non-hydrogen) atoms. The number of hydrogen-bond acceptors (Lipinski definition) is 4. The van der Waals surface area contributed by atoms with Crippen LogP contribution in [0.15, 0.2) is 53.3 Å². The van der Waals surface area contributed by atoms with Crippen molar-refractivity contribution in [3.8, 4) is 11.4 Å².